The van der Waals surface area contributed by atoms with Crippen molar-refractivity contribution in [3.63, 3.8) is 0 Å². The minimum atomic E-state index is -1.76. The Morgan fingerprint density at radius 1 is 0.794 bits per heavy atom. The molecule has 0 fully saturated rings. The van der Waals surface area contributed by atoms with E-state index in [1.165, 1.54) is 0 Å². The van der Waals surface area contributed by atoms with E-state index in [0.29, 0.717) is 6.42 Å². The summed E-state index contributed by atoms with van der Waals surface area (Å²) in [6, 6.07) is -5.97. The first kappa shape index (κ1) is 30.2. The highest BCUT2D eigenvalue weighted by atomic mass is 16.4. The first-order chi connectivity index (χ1) is 15.7. The van der Waals surface area contributed by atoms with Crippen molar-refractivity contribution in [1.82, 2.24) is 16.0 Å². The van der Waals surface area contributed by atoms with E-state index >= 15 is 0 Å². The number of carboxylic acid groups (broad SMARTS) is 3. The molecule has 192 valence electrons. The minimum Gasteiger partial charge on any atom is -0.481 e. The fourth-order valence-electron chi connectivity index (χ4n) is 2.69. The van der Waals surface area contributed by atoms with Gasteiger partial charge in [0.2, 0.25) is 23.6 Å². The summed E-state index contributed by atoms with van der Waals surface area (Å²) < 4.78 is 0. The lowest BCUT2D eigenvalue weighted by Crippen LogP contribution is -2.59. The molecule has 0 aromatic carbocycles. The van der Waals surface area contributed by atoms with Crippen LogP contribution in [0.25, 0.3) is 0 Å². The average molecular weight is 489 g/mol. The van der Waals surface area contributed by atoms with Crippen LogP contribution < -0.4 is 27.4 Å². The normalized spacial score (nSPS) is 15.0. The topological polar surface area (TPSA) is 268 Å². The predicted octanol–water partition coefficient (Wildman–Crippen LogP) is -2.89. The van der Waals surface area contributed by atoms with E-state index in [0.717, 1.165) is 0 Å². The Labute approximate surface area is 194 Å². The Balaban J connectivity index is 5.57. The van der Waals surface area contributed by atoms with Crippen LogP contribution in [0.15, 0.2) is 0 Å². The average Bonchev–Trinajstić information content (AvgIpc) is 2.72. The fraction of sp³-hybridized carbons (Fsp3) is 0.632. The summed E-state index contributed by atoms with van der Waals surface area (Å²) in [5, 5.41) is 33.2. The van der Waals surface area contributed by atoms with Gasteiger partial charge in [-0.1, -0.05) is 20.3 Å². The van der Waals surface area contributed by atoms with Gasteiger partial charge in [-0.3, -0.25) is 28.8 Å². The Hall–Kier alpha value is -3.75. The number of hydrogen-bond acceptors (Lipinski definition) is 8. The number of nitrogens with two attached hydrogens (primary N) is 2. The summed E-state index contributed by atoms with van der Waals surface area (Å²) in [5.41, 5.74) is 10.7. The molecular weight excluding hydrogens is 458 g/mol. The molecule has 0 bridgehead atoms. The molecule has 0 heterocycles. The van der Waals surface area contributed by atoms with Crippen LogP contribution in [0.2, 0.25) is 0 Å². The molecule has 0 aliphatic rings. The molecule has 5 atom stereocenters. The second-order valence-corrected chi connectivity index (χ2v) is 7.64. The van der Waals surface area contributed by atoms with E-state index in [-0.39, 0.29) is 6.42 Å². The van der Waals surface area contributed by atoms with Crippen LogP contribution in [0, 0.1) is 5.92 Å². The highest BCUT2D eigenvalue weighted by molar-refractivity contribution is 5.96. The third kappa shape index (κ3) is 11.2. The maximum Gasteiger partial charge on any atom is 0.326 e. The Morgan fingerprint density at radius 3 is 1.79 bits per heavy atom. The largest absolute Gasteiger partial charge is 0.481 e. The number of amides is 4. The van der Waals surface area contributed by atoms with Crippen LogP contribution >= 0.6 is 0 Å². The molecule has 0 aliphatic carbocycles. The first-order valence-corrected chi connectivity index (χ1v) is 10.3. The summed E-state index contributed by atoms with van der Waals surface area (Å²) in [6.45, 7) is 3.23. The molecule has 0 aromatic heterocycles. The van der Waals surface area contributed by atoms with Gasteiger partial charge in [-0.25, -0.2) is 4.79 Å². The lowest BCUT2D eigenvalue weighted by atomic mass is 9.97. The van der Waals surface area contributed by atoms with Crippen LogP contribution in [0.5, 0.6) is 0 Å². The lowest BCUT2D eigenvalue weighted by molar-refractivity contribution is -0.147. The smallest absolute Gasteiger partial charge is 0.326 e. The molecule has 0 saturated heterocycles. The van der Waals surface area contributed by atoms with Gasteiger partial charge in [-0.2, -0.15) is 0 Å². The monoisotopic (exact) mass is 489 g/mol. The summed E-state index contributed by atoms with van der Waals surface area (Å²) in [7, 11) is 0. The number of hydrogen-bond donors (Lipinski definition) is 8. The highest BCUT2D eigenvalue weighted by Crippen LogP contribution is 2.10. The molecule has 0 radical (unpaired) electrons. The molecule has 15 nitrogen and oxygen atoms in total. The second kappa shape index (κ2) is 14.4. The Bertz CT molecular complexity index is 802. The first-order valence-electron chi connectivity index (χ1n) is 10.3. The van der Waals surface area contributed by atoms with Gasteiger partial charge in [0.1, 0.15) is 18.1 Å². The van der Waals surface area contributed by atoms with Gasteiger partial charge in [0.15, 0.2) is 0 Å². The van der Waals surface area contributed by atoms with Crippen molar-refractivity contribution in [2.24, 2.45) is 17.4 Å². The van der Waals surface area contributed by atoms with Crippen LogP contribution in [0.3, 0.4) is 0 Å². The molecule has 0 spiro atoms. The van der Waals surface area contributed by atoms with Crippen molar-refractivity contribution in [2.45, 2.75) is 70.1 Å². The lowest BCUT2D eigenvalue weighted by Gasteiger charge is -2.27. The van der Waals surface area contributed by atoms with E-state index < -0.39 is 90.9 Å². The van der Waals surface area contributed by atoms with Crippen LogP contribution in [0.4, 0.5) is 0 Å². The van der Waals surface area contributed by atoms with Crippen molar-refractivity contribution in [1.29, 1.82) is 0 Å². The molecule has 34 heavy (non-hydrogen) atoms. The number of carboxylic acids is 3. The number of carbonyl (C=O) groups is 7. The number of aliphatic carboxylic acids is 3. The summed E-state index contributed by atoms with van der Waals surface area (Å²) in [4.78, 5) is 81.8. The van der Waals surface area contributed by atoms with Crippen molar-refractivity contribution in [2.75, 3.05) is 0 Å². The fourth-order valence-corrected chi connectivity index (χ4v) is 2.69. The standard InChI is InChI=1S/C19H31N5O10/c1-3-8(2)15(18(32)23-11(19(33)34)7-14(28)29)24-17(31)10(6-12(21)25)22-16(30)9(20)4-5-13(26)27/h8-11,15H,3-7,20H2,1-2H3,(H2,21,25)(H,22,30)(H,23,32)(H,24,31)(H,26,27)(H,28,29)(H,33,34). The zero-order valence-electron chi connectivity index (χ0n) is 18.8. The van der Waals surface area contributed by atoms with Gasteiger partial charge in [-0.15, -0.1) is 0 Å². The third-order valence-electron chi connectivity index (χ3n) is 4.83. The highest BCUT2D eigenvalue weighted by Gasteiger charge is 2.33. The molecule has 15 heteroatoms. The molecule has 5 unspecified atom stereocenters. The molecule has 10 N–H and O–H groups in total. The van der Waals surface area contributed by atoms with Crippen LogP contribution in [0.1, 0.15) is 46.0 Å². The van der Waals surface area contributed by atoms with Gasteiger partial charge in [0.05, 0.1) is 18.9 Å². The van der Waals surface area contributed by atoms with Gasteiger partial charge >= 0.3 is 17.9 Å². The Kier molecular flexibility index (Phi) is 12.8. The molecule has 0 aliphatic heterocycles. The van der Waals surface area contributed by atoms with E-state index in [1.807, 2.05) is 5.32 Å². The van der Waals surface area contributed by atoms with Crippen LogP contribution in [-0.4, -0.2) is 81.0 Å². The van der Waals surface area contributed by atoms with Gasteiger partial charge in [0.25, 0.3) is 0 Å². The molecule has 4 amide bonds. The maximum absolute atomic E-state index is 12.8. The van der Waals surface area contributed by atoms with E-state index in [2.05, 4.69) is 10.6 Å². The number of nitrogens with one attached hydrogen (secondary N) is 3. The van der Waals surface area contributed by atoms with E-state index in [1.54, 1.807) is 13.8 Å². The van der Waals surface area contributed by atoms with Gasteiger partial charge < -0.3 is 42.7 Å². The van der Waals surface area contributed by atoms with Crippen molar-refractivity contribution in [3.8, 4) is 0 Å². The van der Waals surface area contributed by atoms with Crippen molar-refractivity contribution in [3.05, 3.63) is 0 Å². The summed E-state index contributed by atoms with van der Waals surface area (Å²) in [6.07, 6.45) is -1.91. The minimum absolute atomic E-state index is 0.246. The molecule has 0 rings (SSSR count). The van der Waals surface area contributed by atoms with Gasteiger partial charge in [0, 0.05) is 6.42 Å². The Morgan fingerprint density at radius 2 is 1.35 bits per heavy atom. The van der Waals surface area contributed by atoms with Crippen LogP contribution in [-0.2, 0) is 33.6 Å². The number of primary amides is 1. The maximum atomic E-state index is 12.8. The zero-order valence-corrected chi connectivity index (χ0v) is 18.8. The van der Waals surface area contributed by atoms with E-state index in [9.17, 15) is 33.6 Å². The molecule has 0 aromatic rings. The SMILES string of the molecule is CCC(C)C(NC(=O)C(CC(N)=O)NC(=O)C(N)CCC(=O)O)C(=O)NC(CC(=O)O)C(=O)O. The van der Waals surface area contributed by atoms with Crippen molar-refractivity contribution < 1.29 is 48.9 Å². The number of carbonyl (C=O) groups excluding carboxylic acids is 4. The van der Waals surface area contributed by atoms with E-state index in [4.69, 9.17) is 26.8 Å². The molecule has 0 saturated carbocycles. The quantitative estimate of drug-likeness (QED) is 0.109. The summed E-state index contributed by atoms with van der Waals surface area (Å²) >= 11 is 0. The zero-order chi connectivity index (χ0) is 26.6. The summed E-state index contributed by atoms with van der Waals surface area (Å²) in [5.74, 6) is -8.73. The molecular formula is C19H31N5O10. The number of rotatable bonds is 16. The van der Waals surface area contributed by atoms with Gasteiger partial charge in [-0.05, 0) is 12.3 Å². The predicted molar refractivity (Wildman–Crippen MR) is 114 cm³/mol. The second-order valence-electron chi connectivity index (χ2n) is 7.64. The van der Waals surface area contributed by atoms with Crippen molar-refractivity contribution >= 4 is 41.5 Å². The third-order valence-corrected chi connectivity index (χ3v) is 4.83.